The van der Waals surface area contributed by atoms with Crippen LogP contribution in [0.3, 0.4) is 0 Å². The Morgan fingerprint density at radius 2 is 2.09 bits per heavy atom. The molecule has 0 unspecified atom stereocenters. The van der Waals surface area contributed by atoms with Crippen LogP contribution in [0, 0.1) is 0 Å². The number of rotatable bonds is 5. The van der Waals surface area contributed by atoms with Crippen molar-refractivity contribution in [2.24, 2.45) is 0 Å². The van der Waals surface area contributed by atoms with Crippen molar-refractivity contribution in [3.8, 4) is 5.75 Å². The zero-order valence-electron chi connectivity index (χ0n) is 13.5. The van der Waals surface area contributed by atoms with Gasteiger partial charge in [-0.3, -0.25) is 4.79 Å². The van der Waals surface area contributed by atoms with Gasteiger partial charge in [0.05, 0.1) is 23.4 Å². The first kappa shape index (κ1) is 16.2. The fourth-order valence-corrected chi connectivity index (χ4v) is 3.62. The summed E-state index contributed by atoms with van der Waals surface area (Å²) in [5.41, 5.74) is 1.85. The maximum absolute atomic E-state index is 12.3. The lowest BCUT2D eigenvalue weighted by Crippen LogP contribution is -2.33. The number of thioether (sulfide) groups is 1. The molecule has 0 bridgehead atoms. The Morgan fingerprint density at radius 3 is 2.83 bits per heavy atom. The molecular weight excluding hydrogens is 310 g/mol. The van der Waals surface area contributed by atoms with E-state index in [4.69, 9.17) is 4.74 Å². The van der Waals surface area contributed by atoms with E-state index in [1.165, 1.54) is 24.6 Å². The van der Waals surface area contributed by atoms with Gasteiger partial charge in [0.2, 0.25) is 5.91 Å². The third-order valence-electron chi connectivity index (χ3n) is 4.03. The molecule has 5 nitrogen and oxygen atoms in total. The lowest BCUT2D eigenvalue weighted by Gasteiger charge is -2.19. The minimum Gasteiger partial charge on any atom is -0.494 e. The van der Waals surface area contributed by atoms with Gasteiger partial charge in [-0.05, 0) is 31.9 Å². The van der Waals surface area contributed by atoms with Crippen molar-refractivity contribution in [2.75, 3.05) is 25.4 Å². The predicted octanol–water partition coefficient (Wildman–Crippen LogP) is 3.46. The van der Waals surface area contributed by atoms with Gasteiger partial charge >= 0.3 is 0 Å². The molecule has 0 aliphatic carbocycles. The molecule has 2 heterocycles. The minimum atomic E-state index is 0.215. The van der Waals surface area contributed by atoms with Gasteiger partial charge in [-0.15, -0.1) is 0 Å². The molecule has 1 saturated heterocycles. The van der Waals surface area contributed by atoms with Crippen molar-refractivity contribution in [1.82, 2.24) is 14.9 Å². The molecule has 2 aromatic rings. The number of aromatic nitrogens is 2. The lowest BCUT2D eigenvalue weighted by atomic mass is 10.2. The van der Waals surface area contributed by atoms with E-state index in [9.17, 15) is 4.79 Å². The summed E-state index contributed by atoms with van der Waals surface area (Å²) in [5, 5.41) is 0.789. The third kappa shape index (κ3) is 4.19. The molecule has 3 rings (SSSR count). The number of fused-ring (bicyclic) bond motifs is 1. The molecule has 0 atom stereocenters. The van der Waals surface area contributed by atoms with Gasteiger partial charge in [-0.1, -0.05) is 24.6 Å². The number of nitrogens with one attached hydrogen (secondary N) is 1. The van der Waals surface area contributed by atoms with Gasteiger partial charge in [-0.2, -0.15) is 0 Å². The first-order valence-electron chi connectivity index (χ1n) is 8.29. The van der Waals surface area contributed by atoms with E-state index in [0.29, 0.717) is 12.4 Å². The van der Waals surface area contributed by atoms with E-state index in [1.54, 1.807) is 0 Å². The first-order valence-corrected chi connectivity index (χ1v) is 9.28. The SMILES string of the molecule is CCOc1ccc2nc(SCC(=O)N3CCCCCC3)[nH]c2c1. The van der Waals surface area contributed by atoms with E-state index < -0.39 is 0 Å². The highest BCUT2D eigenvalue weighted by Gasteiger charge is 2.16. The number of carbonyl (C=O) groups is 1. The number of hydrogen-bond donors (Lipinski definition) is 1. The number of H-pyrrole nitrogens is 1. The van der Waals surface area contributed by atoms with Crippen molar-refractivity contribution in [3.05, 3.63) is 18.2 Å². The summed E-state index contributed by atoms with van der Waals surface area (Å²) in [4.78, 5) is 22.1. The molecule has 0 spiro atoms. The van der Waals surface area contributed by atoms with E-state index in [-0.39, 0.29) is 5.91 Å². The van der Waals surface area contributed by atoms with Gasteiger partial charge in [0.15, 0.2) is 5.16 Å². The van der Waals surface area contributed by atoms with Crippen LogP contribution in [0.15, 0.2) is 23.4 Å². The van der Waals surface area contributed by atoms with Crippen molar-refractivity contribution in [2.45, 2.75) is 37.8 Å². The molecule has 6 heteroatoms. The highest BCUT2D eigenvalue weighted by atomic mass is 32.2. The Balaban J connectivity index is 1.61. The normalized spacial score (nSPS) is 15.6. The predicted molar refractivity (Wildman–Crippen MR) is 93.0 cm³/mol. The van der Waals surface area contributed by atoms with Crippen LogP contribution in [0.4, 0.5) is 0 Å². The molecule has 1 fully saturated rings. The zero-order valence-corrected chi connectivity index (χ0v) is 14.3. The van der Waals surface area contributed by atoms with Gasteiger partial charge < -0.3 is 14.6 Å². The number of hydrogen-bond acceptors (Lipinski definition) is 4. The molecule has 0 radical (unpaired) electrons. The molecule has 1 aromatic carbocycles. The Bertz CT molecular complexity index is 663. The van der Waals surface area contributed by atoms with Gasteiger partial charge in [-0.25, -0.2) is 4.98 Å². The monoisotopic (exact) mass is 333 g/mol. The maximum Gasteiger partial charge on any atom is 0.233 e. The standard InChI is InChI=1S/C17H23N3O2S/c1-2-22-13-7-8-14-15(11-13)19-17(18-14)23-12-16(21)20-9-5-3-4-6-10-20/h7-8,11H,2-6,9-10,12H2,1H3,(H,18,19). The van der Waals surface area contributed by atoms with Gasteiger partial charge in [0.1, 0.15) is 5.75 Å². The molecule has 1 N–H and O–H groups in total. The van der Waals surface area contributed by atoms with Gasteiger partial charge in [0.25, 0.3) is 0 Å². The van der Waals surface area contributed by atoms with E-state index in [2.05, 4.69) is 9.97 Å². The van der Waals surface area contributed by atoms with Crippen LogP contribution >= 0.6 is 11.8 Å². The highest BCUT2D eigenvalue weighted by molar-refractivity contribution is 7.99. The maximum atomic E-state index is 12.3. The summed E-state index contributed by atoms with van der Waals surface area (Å²) in [7, 11) is 0. The van der Waals surface area contributed by atoms with Crippen molar-refractivity contribution >= 4 is 28.7 Å². The molecule has 1 aromatic heterocycles. The van der Waals surface area contributed by atoms with Crippen LogP contribution in [-0.4, -0.2) is 46.2 Å². The van der Waals surface area contributed by atoms with Crippen LogP contribution in [0.25, 0.3) is 11.0 Å². The molecule has 0 saturated carbocycles. The summed E-state index contributed by atoms with van der Waals surface area (Å²) in [6.45, 7) is 4.41. The van der Waals surface area contributed by atoms with Gasteiger partial charge in [0, 0.05) is 19.2 Å². The summed E-state index contributed by atoms with van der Waals surface area (Å²) >= 11 is 1.48. The molecular formula is C17H23N3O2S. The quantitative estimate of drug-likeness (QED) is 0.851. The third-order valence-corrected chi connectivity index (χ3v) is 4.89. The Hall–Kier alpha value is -1.69. The fraction of sp³-hybridized carbons (Fsp3) is 0.529. The molecule has 23 heavy (non-hydrogen) atoms. The summed E-state index contributed by atoms with van der Waals surface area (Å²) in [6, 6.07) is 5.81. The molecule has 1 amide bonds. The zero-order chi connectivity index (χ0) is 16.1. The van der Waals surface area contributed by atoms with Crippen LogP contribution in [-0.2, 0) is 4.79 Å². The number of nitrogens with zero attached hydrogens (tertiary/aromatic N) is 2. The van der Waals surface area contributed by atoms with Crippen molar-refractivity contribution < 1.29 is 9.53 Å². The van der Waals surface area contributed by atoms with Crippen LogP contribution < -0.4 is 4.74 Å². The number of benzene rings is 1. The van der Waals surface area contributed by atoms with Crippen molar-refractivity contribution in [1.29, 1.82) is 0 Å². The average molecular weight is 333 g/mol. The molecule has 1 aliphatic heterocycles. The Labute approximate surface area is 140 Å². The van der Waals surface area contributed by atoms with Crippen molar-refractivity contribution in [3.63, 3.8) is 0 Å². The fourth-order valence-electron chi connectivity index (χ4n) is 2.83. The number of likely N-dealkylation sites (tertiary alicyclic amines) is 1. The number of imidazole rings is 1. The molecule has 124 valence electrons. The minimum absolute atomic E-state index is 0.215. The van der Waals surface area contributed by atoms with E-state index >= 15 is 0 Å². The smallest absolute Gasteiger partial charge is 0.233 e. The van der Waals surface area contributed by atoms with E-state index in [1.807, 2.05) is 30.0 Å². The number of ether oxygens (including phenoxy) is 1. The average Bonchev–Trinajstić information content (AvgIpc) is 2.77. The summed E-state index contributed by atoms with van der Waals surface area (Å²) in [6.07, 6.45) is 4.73. The first-order chi connectivity index (χ1) is 11.3. The lowest BCUT2D eigenvalue weighted by molar-refractivity contribution is -0.128. The second-order valence-corrected chi connectivity index (χ2v) is 6.70. The van der Waals surface area contributed by atoms with Crippen LogP contribution in [0.1, 0.15) is 32.6 Å². The molecule has 1 aliphatic rings. The Kier molecular flexibility index (Phi) is 5.43. The number of aromatic amines is 1. The van der Waals surface area contributed by atoms with Crippen LogP contribution in [0.2, 0.25) is 0 Å². The topological polar surface area (TPSA) is 58.2 Å². The largest absolute Gasteiger partial charge is 0.494 e. The summed E-state index contributed by atoms with van der Waals surface area (Å²) < 4.78 is 5.50. The number of amides is 1. The van der Waals surface area contributed by atoms with E-state index in [0.717, 1.165) is 47.9 Å². The van der Waals surface area contributed by atoms with Crippen LogP contribution in [0.5, 0.6) is 5.75 Å². The second-order valence-electron chi connectivity index (χ2n) is 5.74. The summed E-state index contributed by atoms with van der Waals surface area (Å²) in [5.74, 6) is 1.49. The highest BCUT2D eigenvalue weighted by Crippen LogP contribution is 2.23. The second kappa shape index (κ2) is 7.73. The number of carbonyl (C=O) groups excluding carboxylic acids is 1. The Morgan fingerprint density at radius 1 is 1.30 bits per heavy atom.